The molecule has 1 aromatic heterocycles. The zero-order valence-corrected chi connectivity index (χ0v) is 12.1. The second-order valence-corrected chi connectivity index (χ2v) is 5.36. The largest absolute Gasteiger partial charge is 0.330 e. The predicted molar refractivity (Wildman–Crippen MR) is 87.3 cm³/mol. The number of benzene rings is 2. The second-order valence-electron chi connectivity index (χ2n) is 4.31. The Kier molecular flexibility index (Phi) is 4.59. The maximum absolute atomic E-state index is 5.76. The highest BCUT2D eigenvalue weighted by molar-refractivity contribution is 7.22. The summed E-state index contributed by atoms with van der Waals surface area (Å²) in [5.41, 5.74) is 8.45. The minimum absolute atomic E-state index is 0. The first-order valence-corrected chi connectivity index (χ1v) is 6.97. The molecular formula is C16H16ClNS. The van der Waals surface area contributed by atoms with Crippen LogP contribution in [0.25, 0.3) is 20.5 Å². The van der Waals surface area contributed by atoms with Crippen LogP contribution >= 0.6 is 23.7 Å². The molecule has 2 aromatic carbocycles. The fourth-order valence-electron chi connectivity index (χ4n) is 2.31. The molecule has 0 unspecified atom stereocenters. The highest BCUT2D eigenvalue weighted by atomic mass is 35.5. The van der Waals surface area contributed by atoms with Gasteiger partial charge in [-0.05, 0) is 35.5 Å². The molecule has 19 heavy (non-hydrogen) atoms. The summed E-state index contributed by atoms with van der Waals surface area (Å²) in [6.07, 6.45) is 0.939. The van der Waals surface area contributed by atoms with E-state index in [2.05, 4.69) is 54.6 Å². The van der Waals surface area contributed by atoms with Crippen molar-refractivity contribution in [3.8, 4) is 10.4 Å². The highest BCUT2D eigenvalue weighted by Gasteiger charge is 2.12. The smallest absolute Gasteiger partial charge is 0.0387 e. The fraction of sp³-hybridized carbons (Fsp3) is 0.125. The summed E-state index contributed by atoms with van der Waals surface area (Å²) in [6.45, 7) is 0.695. The molecule has 3 heteroatoms. The van der Waals surface area contributed by atoms with E-state index in [0.29, 0.717) is 6.54 Å². The van der Waals surface area contributed by atoms with Gasteiger partial charge in [-0.3, -0.25) is 0 Å². The number of halogens is 1. The normalized spacial score (nSPS) is 10.4. The minimum Gasteiger partial charge on any atom is -0.330 e. The number of thiophene rings is 1. The Hall–Kier alpha value is -1.35. The fourth-order valence-corrected chi connectivity index (χ4v) is 3.57. The summed E-state index contributed by atoms with van der Waals surface area (Å²) in [6, 6.07) is 19.2. The minimum atomic E-state index is 0. The van der Waals surface area contributed by atoms with Crippen molar-refractivity contribution in [1.29, 1.82) is 0 Å². The zero-order valence-electron chi connectivity index (χ0n) is 10.5. The van der Waals surface area contributed by atoms with Crippen LogP contribution in [0, 0.1) is 0 Å². The average molecular weight is 290 g/mol. The van der Waals surface area contributed by atoms with Gasteiger partial charge in [0, 0.05) is 9.58 Å². The third kappa shape index (κ3) is 2.66. The standard InChI is InChI=1S/C16H15NS.ClH/c17-11-10-14-13-8-4-5-9-15(13)18-16(14)12-6-2-1-3-7-12;/h1-9H,10-11,17H2;1H. The molecule has 0 amide bonds. The summed E-state index contributed by atoms with van der Waals surface area (Å²) >= 11 is 1.86. The van der Waals surface area contributed by atoms with E-state index in [0.717, 1.165) is 6.42 Å². The quantitative estimate of drug-likeness (QED) is 0.755. The predicted octanol–water partition coefficient (Wildman–Crippen LogP) is 4.49. The van der Waals surface area contributed by atoms with Crippen molar-refractivity contribution in [2.75, 3.05) is 6.54 Å². The van der Waals surface area contributed by atoms with E-state index in [9.17, 15) is 0 Å². The molecule has 0 radical (unpaired) electrons. The first-order chi connectivity index (χ1) is 8.90. The van der Waals surface area contributed by atoms with Crippen LogP contribution in [-0.4, -0.2) is 6.54 Å². The van der Waals surface area contributed by atoms with Crippen molar-refractivity contribution < 1.29 is 0 Å². The van der Waals surface area contributed by atoms with Gasteiger partial charge in [-0.15, -0.1) is 23.7 Å². The highest BCUT2D eigenvalue weighted by Crippen LogP contribution is 2.38. The molecule has 3 aromatic rings. The molecule has 0 aliphatic carbocycles. The van der Waals surface area contributed by atoms with Crippen LogP contribution in [0.2, 0.25) is 0 Å². The molecule has 0 bridgehead atoms. The molecule has 98 valence electrons. The van der Waals surface area contributed by atoms with Crippen LogP contribution in [0.1, 0.15) is 5.56 Å². The molecule has 0 fully saturated rings. The summed E-state index contributed by atoms with van der Waals surface area (Å²) in [4.78, 5) is 1.36. The van der Waals surface area contributed by atoms with E-state index in [-0.39, 0.29) is 12.4 Å². The topological polar surface area (TPSA) is 26.0 Å². The summed E-state index contributed by atoms with van der Waals surface area (Å²) < 4.78 is 1.35. The summed E-state index contributed by atoms with van der Waals surface area (Å²) in [5.74, 6) is 0. The molecule has 1 nitrogen and oxygen atoms in total. The zero-order chi connectivity index (χ0) is 12.4. The molecule has 0 atom stereocenters. The van der Waals surface area contributed by atoms with Gasteiger partial charge in [-0.1, -0.05) is 48.5 Å². The SMILES string of the molecule is Cl.NCCc1c(-c2ccccc2)sc2ccccc12. The Balaban J connectivity index is 0.00000133. The lowest BCUT2D eigenvalue weighted by Crippen LogP contribution is -2.02. The Morgan fingerprint density at radius 1 is 0.895 bits per heavy atom. The molecular weight excluding hydrogens is 274 g/mol. The Bertz CT molecular complexity index is 661. The van der Waals surface area contributed by atoms with Gasteiger partial charge < -0.3 is 5.73 Å². The maximum Gasteiger partial charge on any atom is 0.0387 e. The number of nitrogens with two attached hydrogens (primary N) is 1. The van der Waals surface area contributed by atoms with E-state index in [1.807, 2.05) is 11.3 Å². The van der Waals surface area contributed by atoms with Gasteiger partial charge in [0.25, 0.3) is 0 Å². The Labute approximate surface area is 123 Å². The molecule has 2 N–H and O–H groups in total. The number of hydrogen-bond donors (Lipinski definition) is 1. The molecule has 0 aliphatic rings. The van der Waals surface area contributed by atoms with Crippen molar-refractivity contribution in [3.63, 3.8) is 0 Å². The lowest BCUT2D eigenvalue weighted by molar-refractivity contribution is 0.982. The van der Waals surface area contributed by atoms with Gasteiger partial charge >= 0.3 is 0 Å². The van der Waals surface area contributed by atoms with Gasteiger partial charge in [0.15, 0.2) is 0 Å². The van der Waals surface area contributed by atoms with E-state index in [4.69, 9.17) is 5.73 Å². The molecule has 1 heterocycles. The van der Waals surface area contributed by atoms with Crippen LogP contribution in [0.3, 0.4) is 0 Å². The Morgan fingerprint density at radius 3 is 2.32 bits per heavy atom. The molecule has 0 aliphatic heterocycles. The van der Waals surface area contributed by atoms with Crippen molar-refractivity contribution in [2.24, 2.45) is 5.73 Å². The van der Waals surface area contributed by atoms with E-state index in [1.165, 1.54) is 26.1 Å². The number of rotatable bonds is 3. The van der Waals surface area contributed by atoms with Crippen molar-refractivity contribution in [1.82, 2.24) is 0 Å². The van der Waals surface area contributed by atoms with Crippen molar-refractivity contribution in [3.05, 3.63) is 60.2 Å². The number of hydrogen-bond acceptors (Lipinski definition) is 2. The number of fused-ring (bicyclic) bond motifs is 1. The first kappa shape index (κ1) is 14.1. The van der Waals surface area contributed by atoms with E-state index < -0.39 is 0 Å². The van der Waals surface area contributed by atoms with Gasteiger partial charge in [-0.2, -0.15) is 0 Å². The van der Waals surface area contributed by atoms with Gasteiger partial charge in [-0.25, -0.2) is 0 Å². The van der Waals surface area contributed by atoms with Gasteiger partial charge in [0.2, 0.25) is 0 Å². The molecule has 0 spiro atoms. The maximum atomic E-state index is 5.76. The monoisotopic (exact) mass is 289 g/mol. The third-order valence-electron chi connectivity index (χ3n) is 3.13. The lowest BCUT2D eigenvalue weighted by atomic mass is 10.0. The van der Waals surface area contributed by atoms with Crippen LogP contribution in [0.15, 0.2) is 54.6 Å². The lowest BCUT2D eigenvalue weighted by Gasteiger charge is -2.03. The van der Waals surface area contributed by atoms with Crippen LogP contribution in [0.5, 0.6) is 0 Å². The second kappa shape index (κ2) is 6.20. The van der Waals surface area contributed by atoms with Crippen molar-refractivity contribution >= 4 is 33.8 Å². The molecule has 0 saturated heterocycles. The van der Waals surface area contributed by atoms with Crippen LogP contribution < -0.4 is 5.73 Å². The van der Waals surface area contributed by atoms with Gasteiger partial charge in [0.05, 0.1) is 0 Å². The average Bonchev–Trinajstić information content (AvgIpc) is 2.80. The Morgan fingerprint density at radius 2 is 1.58 bits per heavy atom. The third-order valence-corrected chi connectivity index (χ3v) is 4.39. The first-order valence-electron chi connectivity index (χ1n) is 6.16. The van der Waals surface area contributed by atoms with Gasteiger partial charge in [0.1, 0.15) is 0 Å². The summed E-state index contributed by atoms with van der Waals surface area (Å²) in [5, 5.41) is 1.35. The van der Waals surface area contributed by atoms with E-state index in [1.54, 1.807) is 0 Å². The van der Waals surface area contributed by atoms with E-state index >= 15 is 0 Å². The molecule has 0 saturated carbocycles. The van der Waals surface area contributed by atoms with Crippen LogP contribution in [-0.2, 0) is 6.42 Å². The molecule has 3 rings (SSSR count). The van der Waals surface area contributed by atoms with Crippen molar-refractivity contribution in [2.45, 2.75) is 6.42 Å². The summed E-state index contributed by atoms with van der Waals surface area (Å²) in [7, 11) is 0. The van der Waals surface area contributed by atoms with Crippen LogP contribution in [0.4, 0.5) is 0 Å².